The van der Waals surface area contributed by atoms with Crippen molar-refractivity contribution in [2.45, 2.75) is 78.3 Å². The van der Waals surface area contributed by atoms with E-state index in [9.17, 15) is 0 Å². The summed E-state index contributed by atoms with van der Waals surface area (Å²) in [5, 5.41) is 9.15. The molecule has 2 rings (SSSR count). The SMILES string of the molecule is CCCNC(Cc1c(Cl)c(C)nn1CC)CC1CCCC1. The Morgan fingerprint density at radius 1 is 1.33 bits per heavy atom. The normalized spacial score (nSPS) is 17.5. The lowest BCUT2D eigenvalue weighted by atomic mass is 9.95. The third kappa shape index (κ3) is 4.46. The van der Waals surface area contributed by atoms with Gasteiger partial charge in [0.15, 0.2) is 0 Å². The highest BCUT2D eigenvalue weighted by molar-refractivity contribution is 6.31. The van der Waals surface area contributed by atoms with Gasteiger partial charge in [0.1, 0.15) is 0 Å². The van der Waals surface area contributed by atoms with E-state index in [0.29, 0.717) is 6.04 Å². The van der Waals surface area contributed by atoms with Crippen molar-refractivity contribution in [3.8, 4) is 0 Å². The molecule has 1 aromatic rings. The molecule has 0 amide bonds. The van der Waals surface area contributed by atoms with Gasteiger partial charge in [0, 0.05) is 19.0 Å². The van der Waals surface area contributed by atoms with Gasteiger partial charge in [0.25, 0.3) is 0 Å². The second-order valence-electron chi connectivity index (χ2n) is 6.40. The van der Waals surface area contributed by atoms with Gasteiger partial charge in [0.2, 0.25) is 0 Å². The third-order valence-corrected chi connectivity index (χ3v) is 5.16. The van der Waals surface area contributed by atoms with Gasteiger partial charge in [-0.25, -0.2) is 0 Å². The molecule has 1 unspecified atom stereocenters. The zero-order valence-corrected chi connectivity index (χ0v) is 14.5. The molecule has 1 saturated carbocycles. The van der Waals surface area contributed by atoms with Gasteiger partial charge in [-0.2, -0.15) is 5.10 Å². The summed E-state index contributed by atoms with van der Waals surface area (Å²) in [6.07, 6.45) is 9.11. The molecule has 120 valence electrons. The molecule has 1 fully saturated rings. The molecule has 1 aliphatic rings. The highest BCUT2D eigenvalue weighted by atomic mass is 35.5. The minimum atomic E-state index is 0.534. The molecule has 3 nitrogen and oxygen atoms in total. The number of halogens is 1. The predicted octanol–water partition coefficient (Wildman–Crippen LogP) is 4.36. The summed E-state index contributed by atoms with van der Waals surface area (Å²) in [5.41, 5.74) is 2.17. The summed E-state index contributed by atoms with van der Waals surface area (Å²) in [6, 6.07) is 0.534. The summed E-state index contributed by atoms with van der Waals surface area (Å²) in [6.45, 7) is 8.36. The maximum Gasteiger partial charge on any atom is 0.0847 e. The van der Waals surface area contributed by atoms with E-state index < -0.39 is 0 Å². The van der Waals surface area contributed by atoms with Gasteiger partial charge in [-0.1, -0.05) is 44.2 Å². The summed E-state index contributed by atoms with van der Waals surface area (Å²) in [7, 11) is 0. The maximum absolute atomic E-state index is 6.48. The summed E-state index contributed by atoms with van der Waals surface area (Å²) in [4.78, 5) is 0. The van der Waals surface area contributed by atoms with E-state index >= 15 is 0 Å². The Morgan fingerprint density at radius 3 is 2.67 bits per heavy atom. The number of aromatic nitrogens is 2. The fourth-order valence-corrected chi connectivity index (χ4v) is 3.75. The zero-order chi connectivity index (χ0) is 15.2. The standard InChI is InChI=1S/C17H30ClN3/c1-4-10-19-15(11-14-8-6-7-9-14)12-16-17(18)13(3)20-21(16)5-2/h14-15,19H,4-12H2,1-3H3. The van der Waals surface area contributed by atoms with E-state index in [-0.39, 0.29) is 0 Å². The van der Waals surface area contributed by atoms with Gasteiger partial charge in [-0.15, -0.1) is 0 Å². The molecule has 0 saturated heterocycles. The summed E-state index contributed by atoms with van der Waals surface area (Å²) < 4.78 is 2.08. The van der Waals surface area contributed by atoms with Crippen LogP contribution in [-0.2, 0) is 13.0 Å². The third-order valence-electron chi connectivity index (χ3n) is 4.67. The molecule has 0 bridgehead atoms. The highest BCUT2D eigenvalue weighted by Crippen LogP contribution is 2.30. The van der Waals surface area contributed by atoms with Crippen LogP contribution in [0.25, 0.3) is 0 Å². The fraction of sp³-hybridized carbons (Fsp3) is 0.824. The molecule has 1 heterocycles. The quantitative estimate of drug-likeness (QED) is 0.773. The molecule has 0 aromatic carbocycles. The Hall–Kier alpha value is -0.540. The van der Waals surface area contributed by atoms with Crippen LogP contribution in [0.15, 0.2) is 0 Å². The van der Waals surface area contributed by atoms with Crippen LogP contribution in [0.1, 0.15) is 63.8 Å². The lowest BCUT2D eigenvalue weighted by molar-refractivity contribution is 0.378. The van der Waals surface area contributed by atoms with Crippen LogP contribution >= 0.6 is 11.6 Å². The average Bonchev–Trinajstić information content (AvgIpc) is 3.08. The molecule has 1 aromatic heterocycles. The van der Waals surface area contributed by atoms with Gasteiger partial charge >= 0.3 is 0 Å². The van der Waals surface area contributed by atoms with Gasteiger partial charge < -0.3 is 5.32 Å². The second kappa shape index (κ2) is 8.19. The molecule has 1 N–H and O–H groups in total. The fourth-order valence-electron chi connectivity index (χ4n) is 3.53. The first-order valence-electron chi connectivity index (χ1n) is 8.60. The van der Waals surface area contributed by atoms with E-state index in [1.165, 1.54) is 44.2 Å². The first-order valence-corrected chi connectivity index (χ1v) is 8.98. The van der Waals surface area contributed by atoms with E-state index in [1.54, 1.807) is 0 Å². The largest absolute Gasteiger partial charge is 0.314 e. The molecular formula is C17H30ClN3. The molecule has 0 radical (unpaired) electrons. The molecular weight excluding hydrogens is 282 g/mol. The van der Waals surface area contributed by atoms with Crippen molar-refractivity contribution in [2.24, 2.45) is 5.92 Å². The Bertz CT molecular complexity index is 435. The number of rotatable bonds is 8. The van der Waals surface area contributed by atoms with Crippen molar-refractivity contribution in [2.75, 3.05) is 6.54 Å². The number of aryl methyl sites for hydroxylation is 2. The highest BCUT2D eigenvalue weighted by Gasteiger charge is 2.23. The van der Waals surface area contributed by atoms with Crippen molar-refractivity contribution in [1.29, 1.82) is 0 Å². The van der Waals surface area contributed by atoms with E-state index in [0.717, 1.165) is 36.1 Å². The number of hydrogen-bond donors (Lipinski definition) is 1. The van der Waals surface area contributed by atoms with E-state index in [4.69, 9.17) is 11.6 Å². The van der Waals surface area contributed by atoms with Crippen LogP contribution in [0, 0.1) is 12.8 Å². The predicted molar refractivity (Wildman–Crippen MR) is 90.0 cm³/mol. The summed E-state index contributed by atoms with van der Waals surface area (Å²) in [5.74, 6) is 0.900. The average molecular weight is 312 g/mol. The number of nitrogens with zero attached hydrogens (tertiary/aromatic N) is 2. The monoisotopic (exact) mass is 311 g/mol. The van der Waals surface area contributed by atoms with Crippen LogP contribution in [-0.4, -0.2) is 22.4 Å². The van der Waals surface area contributed by atoms with Gasteiger partial charge in [-0.05, 0) is 39.2 Å². The van der Waals surface area contributed by atoms with Crippen molar-refractivity contribution < 1.29 is 0 Å². The van der Waals surface area contributed by atoms with Crippen LogP contribution in [0.5, 0.6) is 0 Å². The molecule has 1 atom stereocenters. The Morgan fingerprint density at radius 2 is 2.05 bits per heavy atom. The van der Waals surface area contributed by atoms with Crippen molar-refractivity contribution in [1.82, 2.24) is 15.1 Å². The molecule has 0 spiro atoms. The molecule has 1 aliphatic carbocycles. The number of hydrogen-bond acceptors (Lipinski definition) is 2. The first-order chi connectivity index (χ1) is 10.2. The first kappa shape index (κ1) is 16.8. The minimum Gasteiger partial charge on any atom is -0.314 e. The molecule has 21 heavy (non-hydrogen) atoms. The van der Waals surface area contributed by atoms with Crippen molar-refractivity contribution in [3.05, 3.63) is 16.4 Å². The van der Waals surface area contributed by atoms with E-state index in [2.05, 4.69) is 28.9 Å². The van der Waals surface area contributed by atoms with E-state index in [1.807, 2.05) is 6.92 Å². The van der Waals surface area contributed by atoms with Gasteiger partial charge in [-0.3, -0.25) is 4.68 Å². The van der Waals surface area contributed by atoms with Gasteiger partial charge in [0.05, 0.1) is 16.4 Å². The zero-order valence-electron chi connectivity index (χ0n) is 13.8. The van der Waals surface area contributed by atoms with Crippen LogP contribution in [0.3, 0.4) is 0 Å². The topological polar surface area (TPSA) is 29.9 Å². The van der Waals surface area contributed by atoms with Crippen LogP contribution in [0.2, 0.25) is 5.02 Å². The van der Waals surface area contributed by atoms with Crippen LogP contribution in [0.4, 0.5) is 0 Å². The smallest absolute Gasteiger partial charge is 0.0847 e. The maximum atomic E-state index is 6.48. The Kier molecular flexibility index (Phi) is 6.56. The minimum absolute atomic E-state index is 0.534. The molecule has 4 heteroatoms. The lowest BCUT2D eigenvalue weighted by Gasteiger charge is -2.22. The molecule has 0 aliphatic heterocycles. The van der Waals surface area contributed by atoms with Crippen LogP contribution < -0.4 is 5.32 Å². The number of nitrogens with one attached hydrogen (secondary N) is 1. The van der Waals surface area contributed by atoms with Crippen molar-refractivity contribution >= 4 is 11.6 Å². The Labute approximate surface area is 134 Å². The summed E-state index contributed by atoms with van der Waals surface area (Å²) >= 11 is 6.48. The lowest BCUT2D eigenvalue weighted by Crippen LogP contribution is -2.34. The van der Waals surface area contributed by atoms with Crippen molar-refractivity contribution in [3.63, 3.8) is 0 Å². The second-order valence-corrected chi connectivity index (χ2v) is 6.78. The Balaban J connectivity index is 2.06.